The van der Waals surface area contributed by atoms with Gasteiger partial charge in [-0.2, -0.15) is 11.8 Å². The average Bonchev–Trinajstić information content (AvgIpc) is 2.13. The highest BCUT2D eigenvalue weighted by molar-refractivity contribution is 9.10. The lowest BCUT2D eigenvalue weighted by molar-refractivity contribution is 0.615. The highest BCUT2D eigenvalue weighted by atomic mass is 79.9. The molecule has 1 unspecified atom stereocenters. The summed E-state index contributed by atoms with van der Waals surface area (Å²) in [7, 11) is 0. The Bertz CT molecular complexity index is 299. The molecule has 0 aliphatic rings. The summed E-state index contributed by atoms with van der Waals surface area (Å²) in [6.45, 7) is 0. The van der Waals surface area contributed by atoms with Gasteiger partial charge in [0.15, 0.2) is 0 Å². The van der Waals surface area contributed by atoms with Gasteiger partial charge in [0, 0.05) is 10.5 Å². The molecule has 1 atom stereocenters. The van der Waals surface area contributed by atoms with Gasteiger partial charge in [0.25, 0.3) is 0 Å². The fraction of sp³-hybridized carbons (Fsp3) is 0.455. The Morgan fingerprint density at radius 2 is 2.20 bits per heavy atom. The smallest absolute Gasteiger partial charge is 0.124 e. The molecule has 0 saturated carbocycles. The first-order valence-corrected chi connectivity index (χ1v) is 7.00. The molecule has 0 spiro atoms. The third-order valence-corrected chi connectivity index (χ3v) is 3.21. The van der Waals surface area contributed by atoms with Gasteiger partial charge in [-0.3, -0.25) is 0 Å². The molecule has 0 heterocycles. The van der Waals surface area contributed by atoms with E-state index >= 15 is 0 Å². The Balaban J connectivity index is 2.56. The van der Waals surface area contributed by atoms with Crippen LogP contribution in [0.25, 0.3) is 0 Å². The number of thioether (sulfide) groups is 1. The van der Waals surface area contributed by atoms with Crippen LogP contribution in [0, 0.1) is 5.82 Å². The van der Waals surface area contributed by atoms with Crippen molar-refractivity contribution in [2.75, 3.05) is 12.0 Å². The second kappa shape index (κ2) is 6.51. The number of benzene rings is 1. The van der Waals surface area contributed by atoms with Crippen LogP contribution in [0.2, 0.25) is 0 Å². The second-order valence-corrected chi connectivity index (χ2v) is 5.42. The van der Waals surface area contributed by atoms with Crippen LogP contribution in [0.5, 0.6) is 0 Å². The zero-order valence-electron chi connectivity index (χ0n) is 8.67. The first-order chi connectivity index (χ1) is 7.11. The van der Waals surface area contributed by atoms with Crippen LogP contribution in [-0.2, 0) is 6.42 Å². The fourth-order valence-electron chi connectivity index (χ4n) is 1.40. The second-order valence-electron chi connectivity index (χ2n) is 3.52. The summed E-state index contributed by atoms with van der Waals surface area (Å²) >= 11 is 5.05. The lowest BCUT2D eigenvalue weighted by Crippen LogP contribution is -2.23. The molecule has 0 amide bonds. The number of halogens is 2. The van der Waals surface area contributed by atoms with Gasteiger partial charge in [0.1, 0.15) is 5.82 Å². The van der Waals surface area contributed by atoms with Crippen molar-refractivity contribution in [3.05, 3.63) is 34.1 Å². The van der Waals surface area contributed by atoms with E-state index in [4.69, 9.17) is 5.73 Å². The van der Waals surface area contributed by atoms with Crippen molar-refractivity contribution in [1.29, 1.82) is 0 Å². The first kappa shape index (κ1) is 13.0. The molecular formula is C11H15BrFNS. The number of rotatable bonds is 5. The van der Waals surface area contributed by atoms with Crippen LogP contribution < -0.4 is 5.73 Å². The predicted octanol–water partition coefficient (Wildman–Crippen LogP) is 3.21. The molecule has 1 aromatic rings. The largest absolute Gasteiger partial charge is 0.327 e. The standard InChI is InChI=1S/C11H15BrFNS/c1-15-3-2-11(14)6-8-4-9(12)7-10(13)5-8/h4-5,7,11H,2-3,6,14H2,1H3. The molecule has 0 bridgehead atoms. The minimum Gasteiger partial charge on any atom is -0.327 e. The molecule has 15 heavy (non-hydrogen) atoms. The number of hydrogen-bond donors (Lipinski definition) is 1. The van der Waals surface area contributed by atoms with Crippen LogP contribution in [0.1, 0.15) is 12.0 Å². The topological polar surface area (TPSA) is 26.0 Å². The molecule has 1 nitrogen and oxygen atoms in total. The van der Waals surface area contributed by atoms with Crippen LogP contribution in [-0.4, -0.2) is 18.1 Å². The zero-order valence-corrected chi connectivity index (χ0v) is 11.1. The van der Waals surface area contributed by atoms with E-state index in [1.54, 1.807) is 17.8 Å². The Hall–Kier alpha value is -0.0600. The maximum Gasteiger partial charge on any atom is 0.124 e. The van der Waals surface area contributed by atoms with E-state index in [9.17, 15) is 4.39 Å². The van der Waals surface area contributed by atoms with Crippen LogP contribution in [0.15, 0.2) is 22.7 Å². The fourth-order valence-corrected chi connectivity index (χ4v) is 2.45. The van der Waals surface area contributed by atoms with E-state index < -0.39 is 0 Å². The third kappa shape index (κ3) is 5.00. The molecule has 0 aromatic heterocycles. The van der Waals surface area contributed by atoms with Gasteiger partial charge < -0.3 is 5.73 Å². The van der Waals surface area contributed by atoms with Crippen molar-refractivity contribution in [2.45, 2.75) is 18.9 Å². The van der Waals surface area contributed by atoms with Crippen molar-refractivity contribution in [3.8, 4) is 0 Å². The van der Waals surface area contributed by atoms with E-state index in [0.717, 1.165) is 28.6 Å². The van der Waals surface area contributed by atoms with Gasteiger partial charge in [-0.25, -0.2) is 4.39 Å². The Morgan fingerprint density at radius 3 is 2.80 bits per heavy atom. The summed E-state index contributed by atoms with van der Waals surface area (Å²) in [6.07, 6.45) is 3.76. The van der Waals surface area contributed by atoms with Crippen LogP contribution in [0.3, 0.4) is 0 Å². The van der Waals surface area contributed by atoms with Crippen LogP contribution in [0.4, 0.5) is 4.39 Å². The summed E-state index contributed by atoms with van der Waals surface area (Å²) in [5, 5.41) is 0. The van der Waals surface area contributed by atoms with E-state index in [-0.39, 0.29) is 11.9 Å². The molecule has 0 radical (unpaired) electrons. The minimum absolute atomic E-state index is 0.117. The van der Waals surface area contributed by atoms with Gasteiger partial charge in [-0.1, -0.05) is 15.9 Å². The van der Waals surface area contributed by atoms with E-state index in [1.807, 2.05) is 6.07 Å². The van der Waals surface area contributed by atoms with Crippen LogP contribution >= 0.6 is 27.7 Å². The van der Waals surface area contributed by atoms with Crippen molar-refractivity contribution in [3.63, 3.8) is 0 Å². The molecule has 84 valence electrons. The highest BCUT2D eigenvalue weighted by Gasteiger charge is 2.05. The maximum absolute atomic E-state index is 13.1. The van der Waals surface area contributed by atoms with Gasteiger partial charge >= 0.3 is 0 Å². The van der Waals surface area contributed by atoms with Crippen molar-refractivity contribution >= 4 is 27.7 Å². The molecule has 0 saturated heterocycles. The minimum atomic E-state index is -0.212. The molecular weight excluding hydrogens is 277 g/mol. The molecule has 1 rings (SSSR count). The van der Waals surface area contributed by atoms with Crippen molar-refractivity contribution < 1.29 is 4.39 Å². The molecule has 0 fully saturated rings. The monoisotopic (exact) mass is 291 g/mol. The summed E-state index contributed by atoms with van der Waals surface area (Å²) < 4.78 is 13.8. The van der Waals surface area contributed by atoms with E-state index in [0.29, 0.717) is 0 Å². The average molecular weight is 292 g/mol. The lowest BCUT2D eigenvalue weighted by Gasteiger charge is -2.11. The zero-order chi connectivity index (χ0) is 11.3. The van der Waals surface area contributed by atoms with Gasteiger partial charge in [-0.15, -0.1) is 0 Å². The molecule has 0 aliphatic carbocycles. The molecule has 0 aliphatic heterocycles. The summed E-state index contributed by atoms with van der Waals surface area (Å²) in [5.41, 5.74) is 6.89. The van der Waals surface area contributed by atoms with Crippen molar-refractivity contribution in [1.82, 2.24) is 0 Å². The predicted molar refractivity (Wildman–Crippen MR) is 68.8 cm³/mol. The Kier molecular flexibility index (Phi) is 5.64. The SMILES string of the molecule is CSCCC(N)Cc1cc(F)cc(Br)c1. The summed E-state index contributed by atoms with van der Waals surface area (Å²) in [6, 6.07) is 5.04. The van der Waals surface area contributed by atoms with E-state index in [2.05, 4.69) is 22.2 Å². The van der Waals surface area contributed by atoms with E-state index in [1.165, 1.54) is 6.07 Å². The Morgan fingerprint density at radius 1 is 1.47 bits per heavy atom. The van der Waals surface area contributed by atoms with Gasteiger partial charge in [0.05, 0.1) is 0 Å². The van der Waals surface area contributed by atoms with Gasteiger partial charge in [-0.05, 0) is 48.6 Å². The number of hydrogen-bond acceptors (Lipinski definition) is 2. The highest BCUT2D eigenvalue weighted by Crippen LogP contribution is 2.16. The first-order valence-electron chi connectivity index (χ1n) is 4.81. The Labute approximate surface area is 103 Å². The number of nitrogens with two attached hydrogens (primary N) is 1. The van der Waals surface area contributed by atoms with Gasteiger partial charge in [0.2, 0.25) is 0 Å². The maximum atomic E-state index is 13.1. The third-order valence-electron chi connectivity index (χ3n) is 2.11. The lowest BCUT2D eigenvalue weighted by atomic mass is 10.0. The molecule has 4 heteroatoms. The molecule has 2 N–H and O–H groups in total. The summed E-state index contributed by atoms with van der Waals surface area (Å²) in [5.74, 6) is 0.842. The summed E-state index contributed by atoms with van der Waals surface area (Å²) in [4.78, 5) is 0. The quantitative estimate of drug-likeness (QED) is 0.902. The normalized spacial score (nSPS) is 12.8. The molecule has 1 aromatic carbocycles. The van der Waals surface area contributed by atoms with Crippen molar-refractivity contribution in [2.24, 2.45) is 5.73 Å².